The van der Waals surface area contributed by atoms with E-state index in [1.54, 1.807) is 25.1 Å². The largest absolute Gasteiger partial charge is 0.287 e. The predicted octanol–water partition coefficient (Wildman–Crippen LogP) is 3.59. The van der Waals surface area contributed by atoms with Crippen LogP contribution in [-0.4, -0.2) is 9.91 Å². The normalized spacial score (nSPS) is 10.3. The number of rotatable bonds is 3. The molecule has 0 amide bonds. The van der Waals surface area contributed by atoms with Gasteiger partial charge >= 0.3 is 0 Å². The molecule has 0 radical (unpaired) electrons. The molecule has 0 atom stereocenters. The van der Waals surface area contributed by atoms with E-state index in [1.165, 1.54) is 18.3 Å². The molecule has 92 valence electrons. The first-order chi connectivity index (χ1) is 8.58. The van der Waals surface area contributed by atoms with Crippen molar-refractivity contribution < 1.29 is 9.31 Å². The van der Waals surface area contributed by atoms with Crippen molar-refractivity contribution >= 4 is 17.4 Å². The Bertz CT molecular complexity index is 604. The molecule has 2 aromatic rings. The van der Waals surface area contributed by atoms with Crippen LogP contribution < -0.4 is 0 Å². The van der Waals surface area contributed by atoms with Crippen molar-refractivity contribution in [2.75, 3.05) is 0 Å². The fourth-order valence-corrected chi connectivity index (χ4v) is 2.23. The highest BCUT2D eigenvalue weighted by Gasteiger charge is 2.11. The summed E-state index contributed by atoms with van der Waals surface area (Å²) < 4.78 is 13.5. The minimum Gasteiger partial charge on any atom is -0.258 e. The topological polar surface area (TPSA) is 56.0 Å². The standard InChI is InChI=1S/C12H9FN2O2S/c1-8-6-9(15(16)17)7-14-12(8)18-11-5-3-2-4-10(11)13/h2-7H,1H3. The van der Waals surface area contributed by atoms with Gasteiger partial charge < -0.3 is 0 Å². The predicted molar refractivity (Wildman–Crippen MR) is 66.2 cm³/mol. The van der Waals surface area contributed by atoms with Gasteiger partial charge in [-0.1, -0.05) is 23.9 Å². The first kappa shape index (κ1) is 12.5. The van der Waals surface area contributed by atoms with Crippen molar-refractivity contribution in [3.63, 3.8) is 0 Å². The molecule has 0 spiro atoms. The number of nitro groups is 1. The van der Waals surface area contributed by atoms with Crippen LogP contribution in [0, 0.1) is 22.9 Å². The van der Waals surface area contributed by atoms with Crippen molar-refractivity contribution in [3.8, 4) is 0 Å². The van der Waals surface area contributed by atoms with E-state index in [4.69, 9.17) is 0 Å². The molecule has 1 aromatic carbocycles. The summed E-state index contributed by atoms with van der Waals surface area (Å²) in [6.07, 6.45) is 1.18. The molecule has 0 aliphatic heterocycles. The lowest BCUT2D eigenvalue weighted by Gasteiger charge is -2.04. The second-order valence-corrected chi connectivity index (χ2v) is 4.64. The number of pyridine rings is 1. The third-order valence-electron chi connectivity index (χ3n) is 2.27. The fraction of sp³-hybridized carbons (Fsp3) is 0.0833. The molecular formula is C12H9FN2O2S. The van der Waals surface area contributed by atoms with Gasteiger partial charge in [-0.15, -0.1) is 0 Å². The Kier molecular flexibility index (Phi) is 3.57. The zero-order valence-corrected chi connectivity index (χ0v) is 10.3. The molecule has 0 unspecified atom stereocenters. The number of aromatic nitrogens is 1. The summed E-state index contributed by atoms with van der Waals surface area (Å²) in [5.74, 6) is -0.331. The highest BCUT2D eigenvalue weighted by molar-refractivity contribution is 7.99. The first-order valence-corrected chi connectivity index (χ1v) is 5.93. The number of hydrogen-bond donors (Lipinski definition) is 0. The van der Waals surface area contributed by atoms with Crippen LogP contribution in [0.4, 0.5) is 10.1 Å². The quantitative estimate of drug-likeness (QED) is 0.628. The number of aryl methyl sites for hydroxylation is 1. The Balaban J connectivity index is 2.30. The van der Waals surface area contributed by atoms with Crippen molar-refractivity contribution in [2.24, 2.45) is 0 Å². The molecule has 18 heavy (non-hydrogen) atoms. The van der Waals surface area contributed by atoms with Crippen LogP contribution in [0.2, 0.25) is 0 Å². The van der Waals surface area contributed by atoms with E-state index in [-0.39, 0.29) is 11.5 Å². The maximum Gasteiger partial charge on any atom is 0.287 e. The van der Waals surface area contributed by atoms with Crippen LogP contribution >= 0.6 is 11.8 Å². The third-order valence-corrected chi connectivity index (χ3v) is 3.44. The lowest BCUT2D eigenvalue weighted by Crippen LogP contribution is -1.93. The van der Waals surface area contributed by atoms with Crippen LogP contribution in [0.1, 0.15) is 5.56 Å². The molecule has 0 saturated heterocycles. The van der Waals surface area contributed by atoms with Crippen LogP contribution in [0.3, 0.4) is 0 Å². The lowest BCUT2D eigenvalue weighted by atomic mass is 10.3. The third kappa shape index (κ3) is 2.65. The van der Waals surface area contributed by atoms with Gasteiger partial charge in [0.15, 0.2) is 0 Å². The molecule has 1 aromatic heterocycles. The smallest absolute Gasteiger partial charge is 0.258 e. The monoisotopic (exact) mass is 264 g/mol. The second-order valence-electron chi connectivity index (χ2n) is 3.61. The minimum absolute atomic E-state index is 0.0645. The van der Waals surface area contributed by atoms with E-state index in [2.05, 4.69) is 4.98 Å². The molecule has 0 fully saturated rings. The molecular weight excluding hydrogens is 255 g/mol. The van der Waals surface area contributed by atoms with E-state index < -0.39 is 4.92 Å². The number of hydrogen-bond acceptors (Lipinski definition) is 4. The van der Waals surface area contributed by atoms with Gasteiger partial charge in [-0.3, -0.25) is 10.1 Å². The summed E-state index contributed by atoms with van der Waals surface area (Å²) in [6.45, 7) is 1.71. The van der Waals surface area contributed by atoms with Crippen molar-refractivity contribution in [1.82, 2.24) is 4.98 Å². The van der Waals surface area contributed by atoms with E-state index in [0.717, 1.165) is 11.8 Å². The Morgan fingerprint density at radius 2 is 2.11 bits per heavy atom. The molecule has 0 saturated carbocycles. The summed E-state index contributed by atoms with van der Waals surface area (Å²) in [6, 6.07) is 7.77. The Morgan fingerprint density at radius 1 is 1.39 bits per heavy atom. The molecule has 2 rings (SSSR count). The molecule has 1 heterocycles. The van der Waals surface area contributed by atoms with Gasteiger partial charge in [0.2, 0.25) is 0 Å². The van der Waals surface area contributed by atoms with Crippen LogP contribution in [0.25, 0.3) is 0 Å². The average molecular weight is 264 g/mol. The maximum absolute atomic E-state index is 13.5. The SMILES string of the molecule is Cc1cc([N+](=O)[O-])cnc1Sc1ccccc1F. The van der Waals surface area contributed by atoms with Gasteiger partial charge in [0.05, 0.1) is 4.92 Å². The molecule has 4 nitrogen and oxygen atoms in total. The number of benzene rings is 1. The average Bonchev–Trinajstić information content (AvgIpc) is 2.34. The molecule has 0 aliphatic rings. The van der Waals surface area contributed by atoms with Crippen LogP contribution in [0.15, 0.2) is 46.5 Å². The fourth-order valence-electron chi connectivity index (χ4n) is 1.39. The second kappa shape index (κ2) is 5.14. The van der Waals surface area contributed by atoms with E-state index in [1.807, 2.05) is 0 Å². The molecule has 6 heteroatoms. The van der Waals surface area contributed by atoms with Crippen molar-refractivity contribution in [3.05, 3.63) is 58.0 Å². The highest BCUT2D eigenvalue weighted by Crippen LogP contribution is 2.31. The van der Waals surface area contributed by atoms with Gasteiger partial charge in [0.1, 0.15) is 17.0 Å². The Hall–Kier alpha value is -1.95. The molecule has 0 aliphatic carbocycles. The van der Waals surface area contributed by atoms with Crippen molar-refractivity contribution in [2.45, 2.75) is 16.8 Å². The Morgan fingerprint density at radius 3 is 2.72 bits per heavy atom. The van der Waals surface area contributed by atoms with E-state index in [9.17, 15) is 14.5 Å². The zero-order valence-electron chi connectivity index (χ0n) is 9.46. The lowest BCUT2D eigenvalue weighted by molar-refractivity contribution is -0.385. The minimum atomic E-state index is -0.502. The van der Waals surface area contributed by atoms with Crippen LogP contribution in [-0.2, 0) is 0 Å². The van der Waals surface area contributed by atoms with Crippen molar-refractivity contribution in [1.29, 1.82) is 0 Å². The molecule has 0 bridgehead atoms. The summed E-state index contributed by atoms with van der Waals surface area (Å²) in [7, 11) is 0. The number of halogens is 1. The zero-order chi connectivity index (χ0) is 13.1. The number of nitrogens with zero attached hydrogens (tertiary/aromatic N) is 2. The first-order valence-electron chi connectivity index (χ1n) is 5.11. The highest BCUT2D eigenvalue weighted by atomic mass is 32.2. The summed E-state index contributed by atoms with van der Waals surface area (Å²) >= 11 is 1.15. The van der Waals surface area contributed by atoms with Gasteiger partial charge in [0, 0.05) is 11.0 Å². The van der Waals surface area contributed by atoms with Gasteiger partial charge in [-0.05, 0) is 24.6 Å². The van der Waals surface area contributed by atoms with Gasteiger partial charge in [0.25, 0.3) is 5.69 Å². The molecule has 0 N–H and O–H groups in total. The van der Waals surface area contributed by atoms with Crippen LogP contribution in [0.5, 0.6) is 0 Å². The summed E-state index contributed by atoms with van der Waals surface area (Å²) in [4.78, 5) is 14.5. The van der Waals surface area contributed by atoms with E-state index >= 15 is 0 Å². The summed E-state index contributed by atoms with van der Waals surface area (Å²) in [5, 5.41) is 11.1. The van der Waals surface area contributed by atoms with Gasteiger partial charge in [-0.2, -0.15) is 0 Å². The van der Waals surface area contributed by atoms with Gasteiger partial charge in [-0.25, -0.2) is 9.37 Å². The summed E-state index contributed by atoms with van der Waals surface area (Å²) in [5.41, 5.74) is 0.586. The Labute approximate surface area is 107 Å². The van der Waals surface area contributed by atoms with E-state index in [0.29, 0.717) is 15.5 Å². The maximum atomic E-state index is 13.5.